The molecule has 1 aromatic rings. The van der Waals surface area contributed by atoms with Gasteiger partial charge in [-0.15, -0.1) is 0 Å². The normalized spacial score (nSPS) is 31.0. The van der Waals surface area contributed by atoms with Gasteiger partial charge < -0.3 is 9.47 Å². The molecule has 0 aromatic carbocycles. The molecule has 2 fully saturated rings. The van der Waals surface area contributed by atoms with Crippen LogP contribution in [0.4, 0.5) is 0 Å². The van der Waals surface area contributed by atoms with E-state index in [0.29, 0.717) is 6.10 Å². The minimum Gasteiger partial charge on any atom is -0.378 e. The average molecular weight is 341 g/mol. The zero-order valence-corrected chi connectivity index (χ0v) is 13.4. The quantitative estimate of drug-likeness (QED) is 0.847. The van der Waals surface area contributed by atoms with Crippen molar-refractivity contribution in [2.24, 2.45) is 0 Å². The van der Waals surface area contributed by atoms with Crippen LogP contribution in [0.1, 0.15) is 25.3 Å². The van der Waals surface area contributed by atoms with E-state index < -0.39 is 0 Å². The summed E-state index contributed by atoms with van der Waals surface area (Å²) in [5.74, 6) is 0. The van der Waals surface area contributed by atoms with Crippen LogP contribution in [0.25, 0.3) is 0 Å². The van der Waals surface area contributed by atoms with Gasteiger partial charge in [-0.1, -0.05) is 6.92 Å². The van der Waals surface area contributed by atoms with E-state index in [2.05, 4.69) is 38.8 Å². The van der Waals surface area contributed by atoms with Crippen LogP contribution in [0.3, 0.4) is 0 Å². The lowest BCUT2D eigenvalue weighted by Crippen LogP contribution is -2.55. The first-order valence-electron chi connectivity index (χ1n) is 7.26. The Bertz CT molecular complexity index is 463. The minimum absolute atomic E-state index is 0.0850. The summed E-state index contributed by atoms with van der Waals surface area (Å²) < 4.78 is 12.9. The average Bonchev–Trinajstić information content (AvgIpc) is 2.86. The highest BCUT2D eigenvalue weighted by Crippen LogP contribution is 2.31. The van der Waals surface area contributed by atoms with E-state index in [-0.39, 0.29) is 5.60 Å². The molecule has 4 nitrogen and oxygen atoms in total. The van der Waals surface area contributed by atoms with Crippen LogP contribution < -0.4 is 0 Å². The zero-order chi connectivity index (χ0) is 14.0. The van der Waals surface area contributed by atoms with Gasteiger partial charge in [0.25, 0.3) is 0 Å². The molecule has 2 atom stereocenters. The SMILES string of the molecule is CC[C@@H]1CN(Cc2cncc(Br)c2)C[C@]2(CCOC2)O1. The maximum atomic E-state index is 6.28. The fraction of sp³-hybridized carbons (Fsp3) is 0.667. The van der Waals surface area contributed by atoms with Gasteiger partial charge in [-0.05, 0) is 34.0 Å². The predicted octanol–water partition coefficient (Wildman–Crippen LogP) is 2.61. The van der Waals surface area contributed by atoms with Gasteiger partial charge in [0.2, 0.25) is 0 Å². The summed E-state index contributed by atoms with van der Waals surface area (Å²) in [6.45, 7) is 6.62. The van der Waals surface area contributed by atoms with Crippen molar-refractivity contribution in [3.8, 4) is 0 Å². The molecule has 0 unspecified atom stereocenters. The van der Waals surface area contributed by atoms with Crippen molar-refractivity contribution in [3.63, 3.8) is 0 Å². The summed E-state index contributed by atoms with van der Waals surface area (Å²) in [7, 11) is 0. The van der Waals surface area contributed by atoms with Gasteiger partial charge in [0.05, 0.1) is 12.7 Å². The van der Waals surface area contributed by atoms with Crippen LogP contribution in [0, 0.1) is 0 Å². The number of halogens is 1. The second-order valence-corrected chi connectivity index (χ2v) is 6.73. The van der Waals surface area contributed by atoms with Gasteiger partial charge in [-0.25, -0.2) is 0 Å². The van der Waals surface area contributed by atoms with E-state index >= 15 is 0 Å². The first-order valence-corrected chi connectivity index (χ1v) is 8.06. The lowest BCUT2D eigenvalue weighted by molar-refractivity contribution is -0.156. The Morgan fingerprint density at radius 2 is 2.40 bits per heavy atom. The van der Waals surface area contributed by atoms with Crippen LogP contribution >= 0.6 is 15.9 Å². The fourth-order valence-corrected chi connectivity index (χ4v) is 3.54. The molecule has 0 bridgehead atoms. The fourth-order valence-electron chi connectivity index (χ4n) is 3.13. The Kier molecular flexibility index (Phi) is 4.40. The van der Waals surface area contributed by atoms with Crippen molar-refractivity contribution >= 4 is 15.9 Å². The molecular formula is C15H21BrN2O2. The van der Waals surface area contributed by atoms with Crippen LogP contribution in [0.15, 0.2) is 22.9 Å². The zero-order valence-electron chi connectivity index (χ0n) is 11.8. The van der Waals surface area contributed by atoms with Crippen molar-refractivity contribution in [2.45, 2.75) is 38.0 Å². The number of aromatic nitrogens is 1. The molecule has 20 heavy (non-hydrogen) atoms. The molecule has 2 saturated heterocycles. The molecule has 2 aliphatic heterocycles. The molecule has 3 heterocycles. The summed E-state index contributed by atoms with van der Waals surface area (Å²) in [4.78, 5) is 6.73. The molecule has 0 saturated carbocycles. The van der Waals surface area contributed by atoms with Crippen molar-refractivity contribution in [2.75, 3.05) is 26.3 Å². The second kappa shape index (κ2) is 6.10. The van der Waals surface area contributed by atoms with Gasteiger partial charge in [0, 0.05) is 49.5 Å². The van der Waals surface area contributed by atoms with Crippen molar-refractivity contribution in [3.05, 3.63) is 28.5 Å². The number of ether oxygens (including phenoxy) is 2. The Morgan fingerprint density at radius 3 is 3.10 bits per heavy atom. The maximum Gasteiger partial charge on any atom is 0.107 e. The Morgan fingerprint density at radius 1 is 1.50 bits per heavy atom. The lowest BCUT2D eigenvalue weighted by Gasteiger charge is -2.43. The highest BCUT2D eigenvalue weighted by Gasteiger charge is 2.43. The number of morpholine rings is 1. The number of pyridine rings is 1. The summed E-state index contributed by atoms with van der Waals surface area (Å²) in [6, 6.07) is 2.14. The first-order chi connectivity index (χ1) is 9.69. The third-order valence-corrected chi connectivity index (χ3v) is 4.51. The standard InChI is InChI=1S/C15H21BrN2O2/c1-2-14-9-18(8-12-5-13(16)7-17-6-12)10-15(20-14)3-4-19-11-15/h5-7,14H,2-4,8-11H2,1H3/t14-,15+/m1/s1. The van der Waals surface area contributed by atoms with Gasteiger partial charge in [0.15, 0.2) is 0 Å². The molecule has 0 radical (unpaired) electrons. The van der Waals surface area contributed by atoms with Crippen LogP contribution in [-0.2, 0) is 16.0 Å². The van der Waals surface area contributed by atoms with Gasteiger partial charge in [-0.2, -0.15) is 0 Å². The van der Waals surface area contributed by atoms with Gasteiger partial charge in [-0.3, -0.25) is 9.88 Å². The first kappa shape index (κ1) is 14.4. The van der Waals surface area contributed by atoms with E-state index in [4.69, 9.17) is 9.47 Å². The third kappa shape index (κ3) is 3.22. The Hall–Kier alpha value is -0.490. The molecule has 0 amide bonds. The third-order valence-electron chi connectivity index (χ3n) is 4.08. The maximum absolute atomic E-state index is 6.28. The highest BCUT2D eigenvalue weighted by molar-refractivity contribution is 9.10. The molecule has 110 valence electrons. The molecule has 1 aromatic heterocycles. The van der Waals surface area contributed by atoms with Crippen molar-refractivity contribution in [1.29, 1.82) is 0 Å². The van der Waals surface area contributed by atoms with Gasteiger partial charge in [0.1, 0.15) is 5.60 Å². The Labute approximate surface area is 128 Å². The Balaban J connectivity index is 1.71. The minimum atomic E-state index is -0.0850. The molecule has 0 aliphatic carbocycles. The number of hydrogen-bond donors (Lipinski definition) is 0. The largest absolute Gasteiger partial charge is 0.378 e. The topological polar surface area (TPSA) is 34.6 Å². The van der Waals surface area contributed by atoms with E-state index in [0.717, 1.165) is 50.2 Å². The van der Waals surface area contributed by atoms with Crippen LogP contribution in [0.2, 0.25) is 0 Å². The molecule has 2 aliphatic rings. The number of rotatable bonds is 3. The van der Waals surface area contributed by atoms with Crippen molar-refractivity contribution < 1.29 is 9.47 Å². The molecule has 3 rings (SSSR count). The smallest absolute Gasteiger partial charge is 0.107 e. The molecule has 1 spiro atoms. The van der Waals surface area contributed by atoms with E-state index in [1.807, 2.05) is 12.4 Å². The monoisotopic (exact) mass is 340 g/mol. The second-order valence-electron chi connectivity index (χ2n) is 5.81. The van der Waals surface area contributed by atoms with Crippen LogP contribution in [0.5, 0.6) is 0 Å². The summed E-state index contributed by atoms with van der Waals surface area (Å²) >= 11 is 3.49. The molecule has 0 N–H and O–H groups in total. The van der Waals surface area contributed by atoms with E-state index in [1.54, 1.807) is 0 Å². The van der Waals surface area contributed by atoms with E-state index in [1.165, 1.54) is 5.56 Å². The lowest BCUT2D eigenvalue weighted by atomic mass is 9.98. The number of hydrogen-bond acceptors (Lipinski definition) is 4. The van der Waals surface area contributed by atoms with Crippen LogP contribution in [-0.4, -0.2) is 47.9 Å². The summed E-state index contributed by atoms with van der Waals surface area (Å²) in [5.41, 5.74) is 1.16. The van der Waals surface area contributed by atoms with E-state index in [9.17, 15) is 0 Å². The number of nitrogens with zero attached hydrogens (tertiary/aromatic N) is 2. The molecule has 5 heteroatoms. The predicted molar refractivity (Wildman–Crippen MR) is 80.5 cm³/mol. The van der Waals surface area contributed by atoms with Crippen molar-refractivity contribution in [1.82, 2.24) is 9.88 Å². The summed E-state index contributed by atoms with van der Waals surface area (Å²) in [5, 5.41) is 0. The van der Waals surface area contributed by atoms with Gasteiger partial charge >= 0.3 is 0 Å². The molecular weight excluding hydrogens is 320 g/mol. The summed E-state index contributed by atoms with van der Waals surface area (Å²) in [6.07, 6.45) is 6.14. The highest BCUT2D eigenvalue weighted by atomic mass is 79.9.